The van der Waals surface area contributed by atoms with Gasteiger partial charge in [-0.15, -0.1) is 0 Å². The number of carbonyl (C=O) groups is 1. The van der Waals surface area contributed by atoms with Gasteiger partial charge < -0.3 is 15.1 Å². The number of hydrogen-bond acceptors (Lipinski definition) is 3. The van der Waals surface area contributed by atoms with Gasteiger partial charge in [0.15, 0.2) is 0 Å². The van der Waals surface area contributed by atoms with Gasteiger partial charge in [0.25, 0.3) is 0 Å². The summed E-state index contributed by atoms with van der Waals surface area (Å²) in [6.07, 6.45) is 6.47. The Bertz CT molecular complexity index is 323. The molecule has 2 unspecified atom stereocenters. The van der Waals surface area contributed by atoms with Crippen LogP contribution in [0, 0.1) is 5.92 Å². The average molecular weight is 265 g/mol. The molecule has 1 N–H and O–H groups in total. The van der Waals surface area contributed by atoms with Gasteiger partial charge in [-0.3, -0.25) is 4.79 Å². The average Bonchev–Trinajstić information content (AvgIpc) is 2.96. The SMILES string of the molecule is CC(NCC1CCN(C2CC2)C1)C(=O)N1CCCC1. The van der Waals surface area contributed by atoms with Crippen LogP contribution in [0.4, 0.5) is 0 Å². The van der Waals surface area contributed by atoms with Crippen molar-refractivity contribution >= 4 is 5.91 Å². The molecular formula is C15H27N3O. The van der Waals surface area contributed by atoms with E-state index in [4.69, 9.17) is 0 Å². The van der Waals surface area contributed by atoms with E-state index in [0.717, 1.165) is 31.6 Å². The fourth-order valence-corrected chi connectivity index (χ4v) is 3.44. The summed E-state index contributed by atoms with van der Waals surface area (Å²) in [4.78, 5) is 16.8. The number of nitrogens with zero attached hydrogens (tertiary/aromatic N) is 2. The van der Waals surface area contributed by atoms with Crippen LogP contribution < -0.4 is 5.32 Å². The van der Waals surface area contributed by atoms with E-state index in [1.54, 1.807) is 0 Å². The highest BCUT2D eigenvalue weighted by molar-refractivity contribution is 5.81. The first-order chi connectivity index (χ1) is 9.24. The number of likely N-dealkylation sites (tertiary alicyclic amines) is 2. The Labute approximate surface area is 116 Å². The molecule has 1 saturated carbocycles. The first-order valence-electron chi connectivity index (χ1n) is 8.00. The van der Waals surface area contributed by atoms with Crippen LogP contribution in [-0.2, 0) is 4.79 Å². The molecule has 0 radical (unpaired) electrons. The maximum absolute atomic E-state index is 12.2. The molecular weight excluding hydrogens is 238 g/mol. The van der Waals surface area contributed by atoms with Gasteiger partial charge in [0.2, 0.25) is 5.91 Å². The Kier molecular flexibility index (Phi) is 4.08. The molecule has 3 rings (SSSR count). The molecule has 1 amide bonds. The van der Waals surface area contributed by atoms with E-state index in [2.05, 4.69) is 10.2 Å². The number of hydrogen-bond donors (Lipinski definition) is 1. The number of nitrogens with one attached hydrogen (secondary N) is 1. The normalized spacial score (nSPS) is 29.9. The highest BCUT2D eigenvalue weighted by Crippen LogP contribution is 2.31. The quantitative estimate of drug-likeness (QED) is 0.808. The molecule has 108 valence electrons. The van der Waals surface area contributed by atoms with E-state index in [9.17, 15) is 4.79 Å². The summed E-state index contributed by atoms with van der Waals surface area (Å²) in [6.45, 7) is 7.46. The third-order valence-corrected chi connectivity index (χ3v) is 4.88. The maximum atomic E-state index is 12.2. The zero-order chi connectivity index (χ0) is 13.2. The highest BCUT2D eigenvalue weighted by atomic mass is 16.2. The van der Waals surface area contributed by atoms with Gasteiger partial charge in [-0.1, -0.05) is 0 Å². The lowest BCUT2D eigenvalue weighted by Gasteiger charge is -2.22. The Hall–Kier alpha value is -0.610. The summed E-state index contributed by atoms with van der Waals surface area (Å²) in [7, 11) is 0. The van der Waals surface area contributed by atoms with E-state index in [1.807, 2.05) is 11.8 Å². The molecule has 2 heterocycles. The summed E-state index contributed by atoms with van der Waals surface area (Å²) in [6, 6.07) is 0.890. The van der Waals surface area contributed by atoms with E-state index >= 15 is 0 Å². The Balaban J connectivity index is 1.38. The Morgan fingerprint density at radius 3 is 2.63 bits per heavy atom. The molecule has 2 atom stereocenters. The molecule has 4 heteroatoms. The summed E-state index contributed by atoms with van der Waals surface area (Å²) < 4.78 is 0. The molecule has 0 aromatic rings. The third-order valence-electron chi connectivity index (χ3n) is 4.88. The molecule has 0 bridgehead atoms. The van der Waals surface area contributed by atoms with Crippen molar-refractivity contribution < 1.29 is 4.79 Å². The molecule has 3 fully saturated rings. The van der Waals surface area contributed by atoms with Gasteiger partial charge in [0.1, 0.15) is 0 Å². The molecule has 0 aromatic heterocycles. The predicted octanol–water partition coefficient (Wildman–Crippen LogP) is 1.07. The highest BCUT2D eigenvalue weighted by Gasteiger charge is 2.34. The van der Waals surface area contributed by atoms with Gasteiger partial charge in [0.05, 0.1) is 6.04 Å². The van der Waals surface area contributed by atoms with Crippen LogP contribution in [0.3, 0.4) is 0 Å². The van der Waals surface area contributed by atoms with Crippen molar-refractivity contribution in [1.82, 2.24) is 15.1 Å². The smallest absolute Gasteiger partial charge is 0.239 e. The topological polar surface area (TPSA) is 35.6 Å². The second kappa shape index (κ2) is 5.80. The molecule has 4 nitrogen and oxygen atoms in total. The second-order valence-electron chi connectivity index (χ2n) is 6.54. The molecule has 2 saturated heterocycles. The monoisotopic (exact) mass is 265 g/mol. The van der Waals surface area contributed by atoms with Crippen LogP contribution in [0.2, 0.25) is 0 Å². The minimum Gasteiger partial charge on any atom is -0.341 e. The Morgan fingerprint density at radius 1 is 1.21 bits per heavy atom. The molecule has 19 heavy (non-hydrogen) atoms. The molecule has 0 aromatic carbocycles. The van der Waals surface area contributed by atoms with Gasteiger partial charge in [0, 0.05) is 25.7 Å². The minimum atomic E-state index is -0.00641. The first-order valence-corrected chi connectivity index (χ1v) is 8.00. The summed E-state index contributed by atoms with van der Waals surface area (Å²) in [5.74, 6) is 1.05. The van der Waals surface area contributed by atoms with Crippen LogP contribution in [0.5, 0.6) is 0 Å². The van der Waals surface area contributed by atoms with Crippen molar-refractivity contribution in [2.45, 2.75) is 51.1 Å². The van der Waals surface area contributed by atoms with Crippen molar-refractivity contribution in [3.8, 4) is 0 Å². The van der Waals surface area contributed by atoms with E-state index in [1.165, 1.54) is 45.2 Å². The van der Waals surface area contributed by atoms with Crippen molar-refractivity contribution in [1.29, 1.82) is 0 Å². The number of amides is 1. The van der Waals surface area contributed by atoms with Gasteiger partial charge >= 0.3 is 0 Å². The summed E-state index contributed by atoms with van der Waals surface area (Å²) >= 11 is 0. The van der Waals surface area contributed by atoms with E-state index in [0.29, 0.717) is 5.91 Å². The standard InChI is InChI=1S/C15H27N3O/c1-12(15(19)17-7-2-3-8-17)16-10-13-6-9-18(11-13)14-4-5-14/h12-14,16H,2-11H2,1H3. The van der Waals surface area contributed by atoms with Crippen molar-refractivity contribution in [2.24, 2.45) is 5.92 Å². The van der Waals surface area contributed by atoms with E-state index < -0.39 is 0 Å². The fraction of sp³-hybridized carbons (Fsp3) is 0.933. The van der Waals surface area contributed by atoms with Gasteiger partial charge in [-0.2, -0.15) is 0 Å². The number of carbonyl (C=O) groups excluding carboxylic acids is 1. The number of rotatable bonds is 5. The van der Waals surface area contributed by atoms with Gasteiger partial charge in [-0.25, -0.2) is 0 Å². The summed E-state index contributed by atoms with van der Waals surface area (Å²) in [5, 5.41) is 3.46. The second-order valence-corrected chi connectivity index (χ2v) is 6.54. The minimum absolute atomic E-state index is 0.00641. The molecule has 3 aliphatic rings. The fourth-order valence-electron chi connectivity index (χ4n) is 3.44. The van der Waals surface area contributed by atoms with Crippen molar-refractivity contribution in [3.63, 3.8) is 0 Å². The van der Waals surface area contributed by atoms with Crippen molar-refractivity contribution in [2.75, 3.05) is 32.7 Å². The van der Waals surface area contributed by atoms with Crippen LogP contribution in [0.1, 0.15) is 39.0 Å². The lowest BCUT2D eigenvalue weighted by Crippen LogP contribution is -2.45. The lowest BCUT2D eigenvalue weighted by atomic mass is 10.1. The molecule has 2 aliphatic heterocycles. The maximum Gasteiger partial charge on any atom is 0.239 e. The van der Waals surface area contributed by atoms with Crippen LogP contribution in [-0.4, -0.2) is 60.5 Å². The Morgan fingerprint density at radius 2 is 1.95 bits per heavy atom. The summed E-state index contributed by atoms with van der Waals surface area (Å²) in [5.41, 5.74) is 0. The van der Waals surface area contributed by atoms with Gasteiger partial charge in [-0.05, 0) is 58.0 Å². The van der Waals surface area contributed by atoms with Crippen LogP contribution >= 0.6 is 0 Å². The molecule has 0 spiro atoms. The van der Waals surface area contributed by atoms with Crippen LogP contribution in [0.15, 0.2) is 0 Å². The zero-order valence-corrected chi connectivity index (χ0v) is 12.1. The molecule has 1 aliphatic carbocycles. The predicted molar refractivity (Wildman–Crippen MR) is 76.0 cm³/mol. The van der Waals surface area contributed by atoms with E-state index in [-0.39, 0.29) is 6.04 Å². The van der Waals surface area contributed by atoms with Crippen LogP contribution in [0.25, 0.3) is 0 Å². The largest absolute Gasteiger partial charge is 0.341 e. The third kappa shape index (κ3) is 3.29. The van der Waals surface area contributed by atoms with Crippen molar-refractivity contribution in [3.05, 3.63) is 0 Å². The first kappa shape index (κ1) is 13.4. The lowest BCUT2D eigenvalue weighted by molar-refractivity contribution is -0.131. The zero-order valence-electron chi connectivity index (χ0n) is 12.1.